The number of nitrogens with zero attached hydrogens (tertiary/aromatic N) is 1. The topological polar surface area (TPSA) is 61.1 Å². The van der Waals surface area contributed by atoms with E-state index in [1.807, 2.05) is 13.8 Å². The van der Waals surface area contributed by atoms with Gasteiger partial charge in [-0.3, -0.25) is 4.79 Å². The maximum atomic E-state index is 13.1. The molecule has 0 aromatic heterocycles. The lowest BCUT2D eigenvalue weighted by Crippen LogP contribution is -2.22. The van der Waals surface area contributed by atoms with Gasteiger partial charge in [-0.05, 0) is 23.6 Å². The highest BCUT2D eigenvalue weighted by atomic mass is 32.2. The molecule has 1 aromatic rings. The summed E-state index contributed by atoms with van der Waals surface area (Å²) in [4.78, 5) is 11.0. The van der Waals surface area contributed by atoms with E-state index in [0.29, 0.717) is 5.75 Å². The first-order valence-electron chi connectivity index (χ1n) is 5.48. The molecule has 0 saturated heterocycles. The Kier molecular flexibility index (Phi) is 5.17. The third-order valence-corrected chi connectivity index (χ3v) is 4.03. The van der Waals surface area contributed by atoms with E-state index in [-0.39, 0.29) is 11.5 Å². The van der Waals surface area contributed by atoms with Crippen LogP contribution in [0, 0.1) is 23.1 Å². The Balaban J connectivity index is 2.74. The number of rotatable bonds is 5. The summed E-state index contributed by atoms with van der Waals surface area (Å²) >= 11 is 1.28. The first-order chi connectivity index (χ1) is 8.45. The average Bonchev–Trinajstić information content (AvgIpc) is 2.30. The Hall–Kier alpha value is -1.54. The van der Waals surface area contributed by atoms with Crippen LogP contribution in [0.4, 0.5) is 4.39 Å². The van der Waals surface area contributed by atoms with Crippen LogP contribution >= 0.6 is 11.8 Å². The summed E-state index contributed by atoms with van der Waals surface area (Å²) in [5, 5.41) is 17.2. The number of carboxylic acids is 1. The van der Waals surface area contributed by atoms with Gasteiger partial charge < -0.3 is 5.11 Å². The van der Waals surface area contributed by atoms with E-state index in [0.717, 1.165) is 5.56 Å². The monoisotopic (exact) mass is 267 g/mol. The first-order valence-corrected chi connectivity index (χ1v) is 6.53. The third-order valence-electron chi connectivity index (χ3n) is 2.43. The second-order valence-corrected chi connectivity index (χ2v) is 5.37. The van der Waals surface area contributed by atoms with Gasteiger partial charge in [0.25, 0.3) is 0 Å². The maximum Gasteiger partial charge on any atom is 0.316 e. The Morgan fingerprint density at radius 2 is 2.22 bits per heavy atom. The summed E-state index contributed by atoms with van der Waals surface area (Å²) in [6, 6.07) is 6.04. The smallest absolute Gasteiger partial charge is 0.316 e. The van der Waals surface area contributed by atoms with E-state index in [9.17, 15) is 9.18 Å². The van der Waals surface area contributed by atoms with Crippen molar-refractivity contribution in [3.8, 4) is 6.07 Å². The molecule has 3 nitrogen and oxygen atoms in total. The number of benzene rings is 1. The van der Waals surface area contributed by atoms with Crippen molar-refractivity contribution in [2.24, 2.45) is 5.92 Å². The second kappa shape index (κ2) is 6.41. The number of nitriles is 1. The molecule has 0 radical (unpaired) electrons. The maximum absolute atomic E-state index is 13.1. The molecule has 5 heteroatoms. The van der Waals surface area contributed by atoms with E-state index in [1.165, 1.54) is 23.9 Å². The summed E-state index contributed by atoms with van der Waals surface area (Å²) in [5.74, 6) is -0.935. The van der Waals surface area contributed by atoms with Gasteiger partial charge in [0.05, 0.1) is 5.56 Å². The van der Waals surface area contributed by atoms with Crippen molar-refractivity contribution < 1.29 is 14.3 Å². The minimum absolute atomic E-state index is 0.00970. The molecule has 1 unspecified atom stereocenters. The van der Waals surface area contributed by atoms with Crippen molar-refractivity contribution in [1.82, 2.24) is 0 Å². The molecule has 18 heavy (non-hydrogen) atoms. The molecular formula is C13H14FNO2S. The molecule has 1 atom stereocenters. The Labute approximate surface area is 110 Å². The van der Waals surface area contributed by atoms with Crippen LogP contribution in [0.15, 0.2) is 18.2 Å². The molecule has 0 aliphatic carbocycles. The normalized spacial score (nSPS) is 12.2. The number of carboxylic acid groups (broad SMARTS) is 1. The number of carbonyl (C=O) groups is 1. The average molecular weight is 267 g/mol. The molecule has 1 rings (SSSR count). The van der Waals surface area contributed by atoms with Crippen LogP contribution in [0.2, 0.25) is 0 Å². The minimum Gasteiger partial charge on any atom is -0.480 e. The Morgan fingerprint density at radius 1 is 1.56 bits per heavy atom. The highest BCUT2D eigenvalue weighted by molar-refractivity contribution is 7.99. The van der Waals surface area contributed by atoms with Crippen LogP contribution in [0.3, 0.4) is 0 Å². The number of thioether (sulfide) groups is 1. The molecule has 0 bridgehead atoms. The number of halogens is 1. The van der Waals surface area contributed by atoms with Crippen LogP contribution in [-0.2, 0) is 10.5 Å². The molecular weight excluding hydrogens is 253 g/mol. The molecule has 0 spiro atoms. The van der Waals surface area contributed by atoms with Crippen LogP contribution in [0.1, 0.15) is 25.0 Å². The lowest BCUT2D eigenvalue weighted by Gasteiger charge is -2.15. The molecule has 1 N–H and O–H groups in total. The van der Waals surface area contributed by atoms with Crippen molar-refractivity contribution in [1.29, 1.82) is 5.26 Å². The molecule has 96 valence electrons. The van der Waals surface area contributed by atoms with Gasteiger partial charge in [0.15, 0.2) is 0 Å². The lowest BCUT2D eigenvalue weighted by atomic mass is 10.1. The molecule has 0 aliphatic rings. The summed E-state index contributed by atoms with van der Waals surface area (Å²) < 4.78 is 13.1. The van der Waals surface area contributed by atoms with Gasteiger partial charge in [-0.25, -0.2) is 4.39 Å². The fourth-order valence-electron chi connectivity index (χ4n) is 1.48. The third kappa shape index (κ3) is 3.74. The van der Waals surface area contributed by atoms with Crippen molar-refractivity contribution in [3.05, 3.63) is 35.1 Å². The van der Waals surface area contributed by atoms with Crippen LogP contribution in [-0.4, -0.2) is 16.3 Å². The van der Waals surface area contributed by atoms with Gasteiger partial charge in [-0.2, -0.15) is 5.26 Å². The van der Waals surface area contributed by atoms with E-state index in [2.05, 4.69) is 0 Å². The quantitative estimate of drug-likeness (QED) is 0.890. The largest absolute Gasteiger partial charge is 0.480 e. The van der Waals surface area contributed by atoms with Gasteiger partial charge in [-0.15, -0.1) is 11.8 Å². The number of hydrogen-bond acceptors (Lipinski definition) is 3. The van der Waals surface area contributed by atoms with Crippen molar-refractivity contribution >= 4 is 17.7 Å². The molecule has 0 aliphatic heterocycles. The fraction of sp³-hybridized carbons (Fsp3) is 0.385. The predicted molar refractivity (Wildman–Crippen MR) is 68.7 cm³/mol. The summed E-state index contributed by atoms with van der Waals surface area (Å²) in [6.07, 6.45) is 0. The van der Waals surface area contributed by atoms with Crippen LogP contribution in [0.25, 0.3) is 0 Å². The van der Waals surface area contributed by atoms with Crippen molar-refractivity contribution in [2.75, 3.05) is 0 Å². The molecule has 0 saturated carbocycles. The number of aliphatic carboxylic acids is 1. The molecule has 0 fully saturated rings. The Bertz CT molecular complexity index is 482. The van der Waals surface area contributed by atoms with Gasteiger partial charge in [-0.1, -0.05) is 19.9 Å². The van der Waals surface area contributed by atoms with Gasteiger partial charge >= 0.3 is 5.97 Å². The predicted octanol–water partition coefficient (Wildman–Crippen LogP) is 3.04. The van der Waals surface area contributed by atoms with Crippen LogP contribution < -0.4 is 0 Å². The summed E-state index contributed by atoms with van der Waals surface area (Å²) in [5.41, 5.74) is 0.745. The van der Waals surface area contributed by atoms with Crippen molar-refractivity contribution in [3.63, 3.8) is 0 Å². The number of hydrogen-bond donors (Lipinski definition) is 1. The zero-order valence-corrected chi connectivity index (χ0v) is 11.0. The Morgan fingerprint density at radius 3 is 2.72 bits per heavy atom. The fourth-order valence-corrected chi connectivity index (χ4v) is 2.56. The zero-order valence-electron chi connectivity index (χ0n) is 10.2. The lowest BCUT2D eigenvalue weighted by molar-refractivity contribution is -0.137. The van der Waals surface area contributed by atoms with Crippen molar-refractivity contribution in [2.45, 2.75) is 24.9 Å². The van der Waals surface area contributed by atoms with E-state index in [1.54, 1.807) is 12.1 Å². The summed E-state index contributed by atoms with van der Waals surface area (Å²) in [6.45, 7) is 3.69. The second-order valence-electron chi connectivity index (χ2n) is 4.24. The summed E-state index contributed by atoms with van der Waals surface area (Å²) in [7, 11) is 0. The zero-order chi connectivity index (χ0) is 13.7. The standard InChI is InChI=1S/C13H14FNO2S/c1-8(2)12(13(16)17)18-7-9-3-4-11(14)10(5-9)6-15/h3-5,8,12H,7H2,1-2H3,(H,16,17). The molecule has 0 amide bonds. The van der Waals surface area contributed by atoms with Gasteiger partial charge in [0, 0.05) is 5.75 Å². The van der Waals surface area contributed by atoms with Crippen LogP contribution in [0.5, 0.6) is 0 Å². The highest BCUT2D eigenvalue weighted by Gasteiger charge is 2.21. The van der Waals surface area contributed by atoms with Gasteiger partial charge in [0.1, 0.15) is 17.1 Å². The highest BCUT2D eigenvalue weighted by Crippen LogP contribution is 2.24. The SMILES string of the molecule is CC(C)C(SCc1ccc(F)c(C#N)c1)C(=O)O. The van der Waals surface area contributed by atoms with E-state index in [4.69, 9.17) is 10.4 Å². The molecule has 0 heterocycles. The molecule has 1 aromatic carbocycles. The van der Waals surface area contributed by atoms with E-state index >= 15 is 0 Å². The minimum atomic E-state index is -0.849. The first kappa shape index (κ1) is 14.5. The van der Waals surface area contributed by atoms with E-state index < -0.39 is 17.0 Å². The van der Waals surface area contributed by atoms with Gasteiger partial charge in [0.2, 0.25) is 0 Å².